The molecule has 0 bridgehead atoms. The highest BCUT2D eigenvalue weighted by Crippen LogP contribution is 2.34. The first-order chi connectivity index (χ1) is 16.3. The van der Waals surface area contributed by atoms with E-state index < -0.39 is 35.2 Å². The van der Waals surface area contributed by atoms with E-state index in [1.165, 1.54) is 6.08 Å². The Morgan fingerprint density at radius 3 is 2.59 bits per heavy atom. The zero-order valence-electron chi connectivity index (χ0n) is 18.7. The van der Waals surface area contributed by atoms with Crippen LogP contribution in [0.4, 0.5) is 19.3 Å². The molecule has 3 amide bonds. The summed E-state index contributed by atoms with van der Waals surface area (Å²) >= 11 is 0.693. The number of halogens is 2. The molecule has 0 radical (unpaired) electrons. The Labute approximate surface area is 200 Å². The summed E-state index contributed by atoms with van der Waals surface area (Å²) in [6, 6.07) is 7.85. The van der Waals surface area contributed by atoms with E-state index in [1.54, 1.807) is 18.2 Å². The van der Waals surface area contributed by atoms with Crippen LogP contribution in [0.25, 0.3) is 6.08 Å². The normalized spacial score (nSPS) is 14.6. The molecule has 1 aliphatic rings. The highest BCUT2D eigenvalue weighted by Gasteiger charge is 2.36. The van der Waals surface area contributed by atoms with Crippen LogP contribution in [0.15, 0.2) is 41.3 Å². The molecule has 0 spiro atoms. The predicted octanol–water partition coefficient (Wildman–Crippen LogP) is 5.22. The molecule has 7 nitrogen and oxygen atoms in total. The zero-order chi connectivity index (χ0) is 24.7. The number of amides is 3. The van der Waals surface area contributed by atoms with Crippen LogP contribution < -0.4 is 14.8 Å². The Bertz CT molecular complexity index is 1120. The van der Waals surface area contributed by atoms with Crippen LogP contribution >= 0.6 is 11.8 Å². The summed E-state index contributed by atoms with van der Waals surface area (Å²) in [4.78, 5) is 38.2. The van der Waals surface area contributed by atoms with Gasteiger partial charge < -0.3 is 14.8 Å². The number of anilines is 1. The molecule has 1 fully saturated rings. The third kappa shape index (κ3) is 6.34. The van der Waals surface area contributed by atoms with E-state index in [9.17, 15) is 23.2 Å². The number of imide groups is 1. The largest absolute Gasteiger partial charge is 0.490 e. The van der Waals surface area contributed by atoms with E-state index in [1.807, 2.05) is 6.92 Å². The van der Waals surface area contributed by atoms with E-state index in [4.69, 9.17) is 9.47 Å². The van der Waals surface area contributed by atoms with Crippen LogP contribution in [0.3, 0.4) is 0 Å². The molecule has 34 heavy (non-hydrogen) atoms. The number of thioether (sulfide) groups is 1. The fourth-order valence-corrected chi connectivity index (χ4v) is 3.88. The number of nitrogens with zero attached hydrogens (tertiary/aromatic N) is 1. The number of unbranched alkanes of at least 4 members (excludes halogenated alkanes) is 1. The number of hydrogen-bond donors (Lipinski definition) is 1. The smallest absolute Gasteiger partial charge is 0.294 e. The first kappa shape index (κ1) is 25.2. The summed E-state index contributed by atoms with van der Waals surface area (Å²) < 4.78 is 38.2. The summed E-state index contributed by atoms with van der Waals surface area (Å²) in [6.07, 6.45) is 3.43. The predicted molar refractivity (Wildman–Crippen MR) is 126 cm³/mol. The van der Waals surface area contributed by atoms with Gasteiger partial charge in [-0.2, -0.15) is 0 Å². The van der Waals surface area contributed by atoms with Gasteiger partial charge in [0.2, 0.25) is 5.91 Å². The minimum atomic E-state index is -0.963. The van der Waals surface area contributed by atoms with E-state index in [2.05, 4.69) is 12.2 Å². The number of ether oxygens (including phenoxy) is 2. The quantitative estimate of drug-likeness (QED) is 0.363. The lowest BCUT2D eigenvalue weighted by Crippen LogP contribution is -2.36. The SMILES string of the molecule is CCCCOc1ccc(C=C2SC(=O)N(CC(=O)Nc3ccc(F)cc3F)C2=O)cc1OCC. The highest BCUT2D eigenvalue weighted by atomic mass is 32.2. The molecule has 1 aliphatic heterocycles. The van der Waals surface area contributed by atoms with Crippen molar-refractivity contribution in [2.24, 2.45) is 0 Å². The van der Waals surface area contributed by atoms with Gasteiger partial charge in [-0.3, -0.25) is 19.3 Å². The minimum absolute atomic E-state index is 0.132. The number of nitrogens with one attached hydrogen (secondary N) is 1. The van der Waals surface area contributed by atoms with Crippen LogP contribution in [-0.2, 0) is 9.59 Å². The summed E-state index contributed by atoms with van der Waals surface area (Å²) in [5, 5.41) is 1.60. The maximum atomic E-state index is 13.8. The summed E-state index contributed by atoms with van der Waals surface area (Å²) in [7, 11) is 0. The molecule has 0 atom stereocenters. The third-order valence-electron chi connectivity index (χ3n) is 4.70. The molecule has 0 aromatic heterocycles. The molecule has 1 N–H and O–H groups in total. The number of carbonyl (C=O) groups excluding carboxylic acids is 3. The summed E-state index contributed by atoms with van der Waals surface area (Å²) in [5.74, 6) is -2.08. The van der Waals surface area contributed by atoms with Crippen LogP contribution in [0.5, 0.6) is 11.5 Å². The first-order valence-electron chi connectivity index (χ1n) is 10.7. The molecule has 10 heteroatoms. The fourth-order valence-electron chi connectivity index (χ4n) is 3.04. The van der Waals surface area contributed by atoms with Gasteiger partial charge in [0.05, 0.1) is 23.8 Å². The van der Waals surface area contributed by atoms with Crippen LogP contribution in [0.1, 0.15) is 32.3 Å². The average molecular weight is 491 g/mol. The van der Waals surface area contributed by atoms with Gasteiger partial charge in [-0.15, -0.1) is 0 Å². The Kier molecular flexibility index (Phi) is 8.64. The number of carbonyl (C=O) groups is 3. The molecular weight excluding hydrogens is 466 g/mol. The van der Waals surface area contributed by atoms with E-state index >= 15 is 0 Å². The topological polar surface area (TPSA) is 84.9 Å². The number of hydrogen-bond acceptors (Lipinski definition) is 6. The van der Waals surface area contributed by atoms with Crippen LogP contribution in [0, 0.1) is 11.6 Å². The van der Waals surface area contributed by atoms with Gasteiger partial charge in [0.1, 0.15) is 18.2 Å². The molecule has 0 saturated carbocycles. The van der Waals surface area contributed by atoms with E-state index in [0.29, 0.717) is 48.1 Å². The second-order valence-corrected chi connectivity index (χ2v) is 8.27. The van der Waals surface area contributed by atoms with Gasteiger partial charge >= 0.3 is 0 Å². The van der Waals surface area contributed by atoms with Crippen molar-refractivity contribution in [1.29, 1.82) is 0 Å². The third-order valence-corrected chi connectivity index (χ3v) is 5.61. The van der Waals surface area contributed by atoms with Crippen molar-refractivity contribution in [3.8, 4) is 11.5 Å². The minimum Gasteiger partial charge on any atom is -0.490 e. The van der Waals surface area contributed by atoms with Crippen molar-refractivity contribution in [3.63, 3.8) is 0 Å². The molecule has 2 aromatic carbocycles. The molecule has 1 heterocycles. The second-order valence-electron chi connectivity index (χ2n) is 7.28. The maximum Gasteiger partial charge on any atom is 0.294 e. The average Bonchev–Trinajstić information content (AvgIpc) is 3.05. The van der Waals surface area contributed by atoms with Crippen molar-refractivity contribution in [3.05, 3.63) is 58.5 Å². The van der Waals surface area contributed by atoms with Gasteiger partial charge in [-0.1, -0.05) is 19.4 Å². The lowest BCUT2D eigenvalue weighted by atomic mass is 10.2. The molecule has 2 aromatic rings. The van der Waals surface area contributed by atoms with Gasteiger partial charge in [-0.05, 0) is 61.0 Å². The van der Waals surface area contributed by atoms with E-state index in [0.717, 1.165) is 29.9 Å². The highest BCUT2D eigenvalue weighted by molar-refractivity contribution is 8.18. The fraction of sp³-hybridized carbons (Fsp3) is 0.292. The lowest BCUT2D eigenvalue weighted by molar-refractivity contribution is -0.127. The first-order valence-corrected chi connectivity index (χ1v) is 11.5. The van der Waals surface area contributed by atoms with E-state index in [-0.39, 0.29) is 10.6 Å². The van der Waals surface area contributed by atoms with Crippen LogP contribution in [-0.4, -0.2) is 41.7 Å². The van der Waals surface area contributed by atoms with Gasteiger partial charge in [0, 0.05) is 6.07 Å². The zero-order valence-corrected chi connectivity index (χ0v) is 19.5. The van der Waals surface area contributed by atoms with Gasteiger partial charge in [-0.25, -0.2) is 8.78 Å². The molecule has 0 unspecified atom stereocenters. The molecule has 180 valence electrons. The Morgan fingerprint density at radius 2 is 1.88 bits per heavy atom. The molecule has 0 aliphatic carbocycles. The van der Waals surface area contributed by atoms with Crippen molar-refractivity contribution in [2.75, 3.05) is 25.1 Å². The monoisotopic (exact) mass is 490 g/mol. The standard InChI is InChI=1S/C24H24F2N2O5S/c1-3-5-10-33-19-9-6-15(11-20(19)32-4-2)12-21-23(30)28(24(31)34-21)14-22(29)27-18-8-7-16(25)13-17(18)26/h6-9,11-13H,3-5,10,14H2,1-2H3,(H,27,29). The van der Waals surface area contributed by atoms with Gasteiger partial charge in [0.25, 0.3) is 11.1 Å². The second kappa shape index (κ2) is 11.6. The summed E-state index contributed by atoms with van der Waals surface area (Å²) in [6.45, 7) is 4.28. The van der Waals surface area contributed by atoms with Crippen molar-refractivity contribution in [2.45, 2.75) is 26.7 Å². The number of rotatable bonds is 10. The Balaban J connectivity index is 1.71. The Hall–Kier alpha value is -3.40. The van der Waals surface area contributed by atoms with Crippen molar-refractivity contribution >= 4 is 40.6 Å². The number of benzene rings is 2. The Morgan fingerprint density at radius 1 is 1.09 bits per heavy atom. The molecule has 3 rings (SSSR count). The van der Waals surface area contributed by atoms with Crippen molar-refractivity contribution in [1.82, 2.24) is 4.90 Å². The van der Waals surface area contributed by atoms with Gasteiger partial charge in [0.15, 0.2) is 11.5 Å². The molecule has 1 saturated heterocycles. The lowest BCUT2D eigenvalue weighted by Gasteiger charge is -2.13. The molecular formula is C24H24F2N2O5S. The maximum absolute atomic E-state index is 13.8. The summed E-state index contributed by atoms with van der Waals surface area (Å²) in [5.41, 5.74) is 0.369. The van der Waals surface area contributed by atoms with Crippen LogP contribution in [0.2, 0.25) is 0 Å². The van der Waals surface area contributed by atoms with Crippen molar-refractivity contribution < 1.29 is 32.6 Å².